The molecule has 0 bridgehead atoms. The van der Waals surface area contributed by atoms with E-state index in [1.807, 2.05) is 67.8 Å². The summed E-state index contributed by atoms with van der Waals surface area (Å²) in [4.78, 5) is 25.4. The predicted molar refractivity (Wildman–Crippen MR) is 122 cm³/mol. The highest BCUT2D eigenvalue weighted by Gasteiger charge is 2.23. The number of aryl methyl sites for hydroxylation is 1. The number of nitrogens with zero attached hydrogens (tertiary/aromatic N) is 3. The molecule has 1 amide bonds. The molecule has 0 aliphatic heterocycles. The van der Waals surface area contributed by atoms with Crippen molar-refractivity contribution < 1.29 is 4.79 Å². The number of pyridine rings is 1. The van der Waals surface area contributed by atoms with Crippen LogP contribution >= 0.6 is 34.7 Å². The number of carbonyl (C=O) groups is 1. The molecule has 29 heavy (non-hydrogen) atoms. The normalized spacial score (nSPS) is 11.0. The van der Waals surface area contributed by atoms with Crippen molar-refractivity contribution >= 4 is 56.0 Å². The van der Waals surface area contributed by atoms with Crippen LogP contribution in [0.15, 0.2) is 65.7 Å². The highest BCUT2D eigenvalue weighted by Crippen LogP contribution is 2.34. The topological polar surface area (TPSA) is 46.1 Å². The second-order valence-electron chi connectivity index (χ2n) is 6.51. The van der Waals surface area contributed by atoms with E-state index in [-0.39, 0.29) is 5.91 Å². The quantitative estimate of drug-likeness (QED) is 0.346. The third kappa shape index (κ3) is 4.29. The number of aromatic nitrogens is 2. The van der Waals surface area contributed by atoms with Gasteiger partial charge in [-0.3, -0.25) is 14.7 Å². The lowest BCUT2D eigenvalue weighted by molar-refractivity contribution is 0.0984. The Bertz CT molecular complexity index is 1160. The van der Waals surface area contributed by atoms with E-state index in [9.17, 15) is 4.79 Å². The first-order valence-corrected chi connectivity index (χ1v) is 11.4. The van der Waals surface area contributed by atoms with Crippen LogP contribution in [0.2, 0.25) is 5.02 Å². The fraction of sp³-hybridized carbons (Fsp3) is 0.136. The Balaban J connectivity index is 1.77. The second kappa shape index (κ2) is 8.53. The first-order valence-electron chi connectivity index (χ1n) is 8.97. The molecule has 0 saturated carbocycles. The van der Waals surface area contributed by atoms with Crippen molar-refractivity contribution in [3.63, 3.8) is 0 Å². The molecule has 146 valence electrons. The van der Waals surface area contributed by atoms with E-state index in [1.54, 1.807) is 22.9 Å². The van der Waals surface area contributed by atoms with Crippen LogP contribution in [0, 0.1) is 6.92 Å². The van der Waals surface area contributed by atoms with Gasteiger partial charge in [0.2, 0.25) is 0 Å². The number of hydrogen-bond acceptors (Lipinski definition) is 5. The van der Waals surface area contributed by atoms with Crippen molar-refractivity contribution in [2.75, 3.05) is 11.2 Å². The van der Waals surface area contributed by atoms with Gasteiger partial charge in [0.15, 0.2) is 5.13 Å². The van der Waals surface area contributed by atoms with Gasteiger partial charge in [-0.2, -0.15) is 0 Å². The highest BCUT2D eigenvalue weighted by atomic mass is 35.5. The molecule has 4 aromatic rings. The molecule has 0 aliphatic carbocycles. The van der Waals surface area contributed by atoms with E-state index in [2.05, 4.69) is 4.98 Å². The zero-order valence-corrected chi connectivity index (χ0v) is 18.3. The van der Waals surface area contributed by atoms with Crippen molar-refractivity contribution in [2.45, 2.75) is 18.4 Å². The Morgan fingerprint density at radius 3 is 2.66 bits per heavy atom. The lowest BCUT2D eigenvalue weighted by Crippen LogP contribution is -2.30. The number of fused-ring (bicyclic) bond motifs is 1. The Labute approximate surface area is 182 Å². The first-order chi connectivity index (χ1) is 14.0. The predicted octanol–water partition coefficient (Wildman–Crippen LogP) is 6.22. The third-order valence-electron chi connectivity index (χ3n) is 4.50. The number of thioether (sulfide) groups is 1. The summed E-state index contributed by atoms with van der Waals surface area (Å²) in [7, 11) is 0. The molecule has 2 aromatic heterocycles. The minimum absolute atomic E-state index is 0.105. The minimum atomic E-state index is -0.105. The van der Waals surface area contributed by atoms with Crippen LogP contribution in [0.3, 0.4) is 0 Å². The van der Waals surface area contributed by atoms with Gasteiger partial charge in [0, 0.05) is 21.7 Å². The van der Waals surface area contributed by atoms with Gasteiger partial charge in [-0.15, -0.1) is 11.8 Å². The standard InChI is InChI=1S/C22H18ClN3OS2/c1-14-11-16(23)12-19-20(14)25-22(29-19)26(13-17-5-3-4-10-24-17)21(27)15-6-8-18(28-2)9-7-15/h3-12H,13H2,1-2H3. The second-order valence-corrected chi connectivity index (χ2v) is 8.83. The van der Waals surface area contributed by atoms with Gasteiger partial charge in [0.25, 0.3) is 5.91 Å². The lowest BCUT2D eigenvalue weighted by Gasteiger charge is -2.19. The number of carbonyl (C=O) groups excluding carboxylic acids is 1. The molecular formula is C22H18ClN3OS2. The molecule has 2 heterocycles. The average Bonchev–Trinajstić information content (AvgIpc) is 3.16. The number of thiazole rings is 1. The molecular weight excluding hydrogens is 422 g/mol. The van der Waals surface area contributed by atoms with Crippen molar-refractivity contribution in [1.82, 2.24) is 9.97 Å². The molecule has 0 saturated heterocycles. The minimum Gasteiger partial charge on any atom is -0.278 e. The van der Waals surface area contributed by atoms with Gasteiger partial charge >= 0.3 is 0 Å². The Hall–Kier alpha value is -2.41. The monoisotopic (exact) mass is 439 g/mol. The summed E-state index contributed by atoms with van der Waals surface area (Å²) in [5.74, 6) is -0.105. The molecule has 0 unspecified atom stereocenters. The first kappa shape index (κ1) is 19.9. The Kier molecular flexibility index (Phi) is 5.85. The van der Waals surface area contributed by atoms with Crippen LogP contribution in [-0.4, -0.2) is 22.1 Å². The number of amides is 1. The van der Waals surface area contributed by atoms with E-state index in [0.717, 1.165) is 26.4 Å². The van der Waals surface area contributed by atoms with Crippen LogP contribution in [0.1, 0.15) is 21.6 Å². The molecule has 7 heteroatoms. The zero-order chi connectivity index (χ0) is 20.4. The van der Waals surface area contributed by atoms with E-state index < -0.39 is 0 Å². The molecule has 4 nitrogen and oxygen atoms in total. The van der Waals surface area contributed by atoms with E-state index in [4.69, 9.17) is 16.6 Å². The average molecular weight is 440 g/mol. The summed E-state index contributed by atoms with van der Waals surface area (Å²) in [6, 6.07) is 17.1. The van der Waals surface area contributed by atoms with Crippen molar-refractivity contribution in [3.8, 4) is 0 Å². The Morgan fingerprint density at radius 1 is 1.17 bits per heavy atom. The molecule has 0 aliphatic rings. The van der Waals surface area contributed by atoms with Crippen LogP contribution in [0.5, 0.6) is 0 Å². The van der Waals surface area contributed by atoms with Gasteiger partial charge in [-0.1, -0.05) is 29.0 Å². The van der Waals surface area contributed by atoms with Gasteiger partial charge in [0.05, 0.1) is 22.5 Å². The van der Waals surface area contributed by atoms with Gasteiger partial charge in [0.1, 0.15) is 0 Å². The molecule has 0 N–H and O–H groups in total. The van der Waals surface area contributed by atoms with E-state index in [0.29, 0.717) is 22.3 Å². The molecule has 0 atom stereocenters. The van der Waals surface area contributed by atoms with E-state index in [1.165, 1.54) is 11.3 Å². The van der Waals surface area contributed by atoms with Crippen LogP contribution in [0.4, 0.5) is 5.13 Å². The highest BCUT2D eigenvalue weighted by molar-refractivity contribution is 7.98. The summed E-state index contributed by atoms with van der Waals surface area (Å²) in [5.41, 5.74) is 3.28. The van der Waals surface area contributed by atoms with Gasteiger partial charge in [-0.05, 0) is 67.3 Å². The van der Waals surface area contributed by atoms with Crippen molar-refractivity contribution in [1.29, 1.82) is 0 Å². The van der Waals surface area contributed by atoms with Crippen LogP contribution in [-0.2, 0) is 6.54 Å². The van der Waals surface area contributed by atoms with Gasteiger partial charge in [-0.25, -0.2) is 4.98 Å². The molecule has 2 aromatic carbocycles. The number of benzene rings is 2. The number of hydrogen-bond donors (Lipinski definition) is 0. The smallest absolute Gasteiger partial charge is 0.260 e. The number of rotatable bonds is 5. The fourth-order valence-electron chi connectivity index (χ4n) is 3.03. The molecule has 0 radical (unpaired) electrons. The van der Waals surface area contributed by atoms with Crippen molar-refractivity contribution in [3.05, 3.63) is 82.6 Å². The van der Waals surface area contributed by atoms with Crippen molar-refractivity contribution in [2.24, 2.45) is 0 Å². The third-order valence-corrected chi connectivity index (χ3v) is 6.49. The summed E-state index contributed by atoms with van der Waals surface area (Å²) < 4.78 is 0.960. The SMILES string of the molecule is CSc1ccc(C(=O)N(Cc2ccccn2)c2nc3c(C)cc(Cl)cc3s2)cc1. The van der Waals surface area contributed by atoms with Crippen LogP contribution in [0.25, 0.3) is 10.2 Å². The summed E-state index contributed by atoms with van der Waals surface area (Å²) >= 11 is 9.32. The lowest BCUT2D eigenvalue weighted by atomic mass is 10.2. The number of anilines is 1. The maximum atomic E-state index is 13.4. The summed E-state index contributed by atoms with van der Waals surface area (Å²) in [6.07, 6.45) is 3.74. The fourth-order valence-corrected chi connectivity index (χ4v) is 4.85. The zero-order valence-electron chi connectivity index (χ0n) is 15.9. The van der Waals surface area contributed by atoms with Gasteiger partial charge < -0.3 is 0 Å². The summed E-state index contributed by atoms with van der Waals surface area (Å²) in [6.45, 7) is 2.32. The molecule has 0 spiro atoms. The summed E-state index contributed by atoms with van der Waals surface area (Å²) in [5, 5.41) is 1.30. The molecule has 0 fully saturated rings. The maximum Gasteiger partial charge on any atom is 0.260 e. The van der Waals surface area contributed by atoms with Crippen LogP contribution < -0.4 is 4.90 Å². The molecule has 4 rings (SSSR count). The van der Waals surface area contributed by atoms with E-state index >= 15 is 0 Å². The number of halogens is 1. The maximum absolute atomic E-state index is 13.4. The Morgan fingerprint density at radius 2 is 1.97 bits per heavy atom. The largest absolute Gasteiger partial charge is 0.278 e.